The molecule has 0 spiro atoms. The summed E-state index contributed by atoms with van der Waals surface area (Å²) < 4.78 is 23.3. The molecule has 26 heavy (non-hydrogen) atoms. The fourth-order valence-electron chi connectivity index (χ4n) is 2.54. The molecule has 0 unspecified atom stereocenters. The molecule has 0 aliphatic rings. The van der Waals surface area contributed by atoms with Crippen LogP contribution in [0, 0.1) is 5.82 Å². The summed E-state index contributed by atoms with van der Waals surface area (Å²) in [5.41, 5.74) is 1.78. The molecular formula is C20H25FN2O3. The molecule has 0 radical (unpaired) electrons. The van der Waals surface area contributed by atoms with Gasteiger partial charge in [-0.2, -0.15) is 0 Å². The average Bonchev–Trinajstić information content (AvgIpc) is 2.66. The quantitative estimate of drug-likeness (QED) is 0.638. The zero-order valence-electron chi connectivity index (χ0n) is 15.2. The van der Waals surface area contributed by atoms with Crippen LogP contribution in [0.15, 0.2) is 42.5 Å². The highest BCUT2D eigenvalue weighted by Crippen LogP contribution is 2.27. The molecule has 5 nitrogen and oxygen atoms in total. The fraction of sp³-hybridized carbons (Fsp3) is 0.350. The molecule has 0 aliphatic heterocycles. The minimum absolute atomic E-state index is 0.0935. The molecule has 0 fully saturated rings. The maximum Gasteiger partial charge on any atom is 0.225 e. The molecule has 2 N–H and O–H groups in total. The van der Waals surface area contributed by atoms with Crippen LogP contribution in [-0.4, -0.2) is 33.2 Å². The minimum atomic E-state index is -0.320. The molecule has 0 atom stereocenters. The SMILES string of the molecule is COc1ccc(CCCNCCC(=O)Nc2ccc(F)cc2)cc1OC. The van der Waals surface area contributed by atoms with E-state index in [1.54, 1.807) is 26.4 Å². The number of rotatable bonds is 10. The number of methoxy groups -OCH3 is 2. The number of ether oxygens (including phenoxy) is 2. The second-order valence-corrected chi connectivity index (χ2v) is 5.85. The van der Waals surface area contributed by atoms with Crippen molar-refractivity contribution < 1.29 is 18.7 Å². The molecule has 0 heterocycles. The van der Waals surface area contributed by atoms with E-state index >= 15 is 0 Å². The third-order valence-corrected chi connectivity index (χ3v) is 3.92. The normalized spacial score (nSPS) is 10.4. The monoisotopic (exact) mass is 360 g/mol. The Balaban J connectivity index is 1.61. The minimum Gasteiger partial charge on any atom is -0.493 e. The van der Waals surface area contributed by atoms with E-state index in [9.17, 15) is 9.18 Å². The number of nitrogens with one attached hydrogen (secondary N) is 2. The van der Waals surface area contributed by atoms with E-state index in [0.29, 0.717) is 18.7 Å². The van der Waals surface area contributed by atoms with E-state index in [1.807, 2.05) is 18.2 Å². The van der Waals surface area contributed by atoms with E-state index in [-0.39, 0.29) is 11.7 Å². The van der Waals surface area contributed by atoms with Crippen LogP contribution >= 0.6 is 0 Å². The van der Waals surface area contributed by atoms with Crippen molar-refractivity contribution in [1.29, 1.82) is 0 Å². The Kier molecular flexibility index (Phi) is 7.89. The van der Waals surface area contributed by atoms with Gasteiger partial charge in [0.15, 0.2) is 11.5 Å². The lowest BCUT2D eigenvalue weighted by atomic mass is 10.1. The summed E-state index contributed by atoms with van der Waals surface area (Å²) in [4.78, 5) is 11.8. The first kappa shape index (κ1) is 19.7. The number of hydrogen-bond donors (Lipinski definition) is 2. The number of amides is 1. The molecule has 0 saturated carbocycles. The summed E-state index contributed by atoms with van der Waals surface area (Å²) in [6.07, 6.45) is 2.23. The molecule has 0 aliphatic carbocycles. The highest BCUT2D eigenvalue weighted by molar-refractivity contribution is 5.90. The van der Waals surface area contributed by atoms with Gasteiger partial charge in [-0.05, 0) is 61.3 Å². The van der Waals surface area contributed by atoms with Gasteiger partial charge in [-0.1, -0.05) is 6.07 Å². The Bertz CT molecular complexity index is 705. The zero-order chi connectivity index (χ0) is 18.8. The van der Waals surface area contributed by atoms with Crippen molar-refractivity contribution in [3.8, 4) is 11.5 Å². The summed E-state index contributed by atoms with van der Waals surface area (Å²) >= 11 is 0. The van der Waals surface area contributed by atoms with E-state index in [0.717, 1.165) is 30.9 Å². The van der Waals surface area contributed by atoms with Gasteiger partial charge in [-0.3, -0.25) is 4.79 Å². The molecule has 2 rings (SSSR count). The van der Waals surface area contributed by atoms with Gasteiger partial charge in [0.25, 0.3) is 0 Å². The molecule has 0 bridgehead atoms. The first-order valence-corrected chi connectivity index (χ1v) is 8.59. The number of halogens is 1. The van der Waals surface area contributed by atoms with Crippen molar-refractivity contribution in [3.63, 3.8) is 0 Å². The van der Waals surface area contributed by atoms with Crippen molar-refractivity contribution in [3.05, 3.63) is 53.8 Å². The number of benzene rings is 2. The largest absolute Gasteiger partial charge is 0.493 e. The Morgan fingerprint density at radius 3 is 2.42 bits per heavy atom. The van der Waals surface area contributed by atoms with Crippen LogP contribution in [0.3, 0.4) is 0 Å². The highest BCUT2D eigenvalue weighted by Gasteiger charge is 2.05. The van der Waals surface area contributed by atoms with Crippen LogP contribution in [0.4, 0.5) is 10.1 Å². The maximum absolute atomic E-state index is 12.8. The molecule has 0 aromatic heterocycles. The predicted octanol–water partition coefficient (Wildman–Crippen LogP) is 3.39. The lowest BCUT2D eigenvalue weighted by Gasteiger charge is -2.10. The van der Waals surface area contributed by atoms with Gasteiger partial charge in [-0.15, -0.1) is 0 Å². The summed E-state index contributed by atoms with van der Waals surface area (Å²) in [5, 5.41) is 5.99. The Morgan fingerprint density at radius 1 is 1.00 bits per heavy atom. The van der Waals surface area contributed by atoms with Crippen LogP contribution in [-0.2, 0) is 11.2 Å². The Labute approximate surface area is 153 Å². The van der Waals surface area contributed by atoms with Gasteiger partial charge in [0.2, 0.25) is 5.91 Å². The molecular weight excluding hydrogens is 335 g/mol. The second kappa shape index (κ2) is 10.4. The molecule has 6 heteroatoms. The van der Waals surface area contributed by atoms with Gasteiger partial charge in [-0.25, -0.2) is 4.39 Å². The highest BCUT2D eigenvalue weighted by atomic mass is 19.1. The van der Waals surface area contributed by atoms with Crippen molar-refractivity contribution in [2.24, 2.45) is 0 Å². The summed E-state index contributed by atoms with van der Waals surface area (Å²) in [6.45, 7) is 1.41. The number of anilines is 1. The van der Waals surface area contributed by atoms with E-state index in [2.05, 4.69) is 10.6 Å². The molecule has 0 saturated heterocycles. The van der Waals surface area contributed by atoms with Crippen LogP contribution in [0.1, 0.15) is 18.4 Å². The smallest absolute Gasteiger partial charge is 0.225 e. The van der Waals surface area contributed by atoms with Crippen LogP contribution in [0.25, 0.3) is 0 Å². The summed E-state index contributed by atoms with van der Waals surface area (Å²) in [5.74, 6) is 1.04. The maximum atomic E-state index is 12.8. The lowest BCUT2D eigenvalue weighted by Crippen LogP contribution is -2.22. The van der Waals surface area contributed by atoms with Gasteiger partial charge in [0.05, 0.1) is 14.2 Å². The zero-order valence-corrected chi connectivity index (χ0v) is 15.2. The Morgan fingerprint density at radius 2 is 1.73 bits per heavy atom. The van der Waals surface area contributed by atoms with Crippen LogP contribution in [0.5, 0.6) is 11.5 Å². The molecule has 1 amide bonds. The second-order valence-electron chi connectivity index (χ2n) is 5.85. The average molecular weight is 360 g/mol. The van der Waals surface area contributed by atoms with Crippen LogP contribution < -0.4 is 20.1 Å². The van der Waals surface area contributed by atoms with E-state index in [1.165, 1.54) is 17.7 Å². The third kappa shape index (κ3) is 6.37. The predicted molar refractivity (Wildman–Crippen MR) is 100 cm³/mol. The topological polar surface area (TPSA) is 59.6 Å². The van der Waals surface area contributed by atoms with Gasteiger partial charge >= 0.3 is 0 Å². The third-order valence-electron chi connectivity index (χ3n) is 3.92. The van der Waals surface area contributed by atoms with Gasteiger partial charge in [0.1, 0.15) is 5.82 Å². The fourth-order valence-corrected chi connectivity index (χ4v) is 2.54. The summed E-state index contributed by atoms with van der Waals surface area (Å²) in [7, 11) is 3.24. The molecule has 2 aromatic rings. The Hall–Kier alpha value is -2.60. The van der Waals surface area contributed by atoms with Crippen molar-refractivity contribution in [1.82, 2.24) is 5.32 Å². The van der Waals surface area contributed by atoms with E-state index in [4.69, 9.17) is 9.47 Å². The first-order chi connectivity index (χ1) is 12.6. The van der Waals surface area contributed by atoms with Crippen molar-refractivity contribution in [2.45, 2.75) is 19.3 Å². The lowest BCUT2D eigenvalue weighted by molar-refractivity contribution is -0.116. The van der Waals surface area contributed by atoms with Crippen molar-refractivity contribution in [2.75, 3.05) is 32.6 Å². The summed E-state index contributed by atoms with van der Waals surface area (Å²) in [6, 6.07) is 11.6. The number of carbonyl (C=O) groups excluding carboxylic acids is 1. The van der Waals surface area contributed by atoms with Gasteiger partial charge < -0.3 is 20.1 Å². The first-order valence-electron chi connectivity index (χ1n) is 8.59. The van der Waals surface area contributed by atoms with Crippen LogP contribution in [0.2, 0.25) is 0 Å². The number of aryl methyl sites for hydroxylation is 1. The molecule has 140 valence electrons. The van der Waals surface area contributed by atoms with Crippen molar-refractivity contribution >= 4 is 11.6 Å². The van der Waals surface area contributed by atoms with Gasteiger partial charge in [0, 0.05) is 18.7 Å². The number of carbonyl (C=O) groups is 1. The number of hydrogen-bond acceptors (Lipinski definition) is 4. The van der Waals surface area contributed by atoms with E-state index < -0.39 is 0 Å². The standard InChI is InChI=1S/C20H25FN2O3/c1-25-18-10-5-15(14-19(18)26-2)4-3-12-22-13-11-20(24)23-17-8-6-16(21)7-9-17/h5-10,14,22H,3-4,11-13H2,1-2H3,(H,23,24). The molecule has 2 aromatic carbocycles.